The van der Waals surface area contributed by atoms with Gasteiger partial charge in [0.15, 0.2) is 11.0 Å². The van der Waals surface area contributed by atoms with E-state index in [0.717, 1.165) is 18.4 Å². The van der Waals surface area contributed by atoms with Gasteiger partial charge in [0.2, 0.25) is 5.91 Å². The molecule has 3 rings (SSSR count). The van der Waals surface area contributed by atoms with Gasteiger partial charge in [0.1, 0.15) is 18.2 Å². The highest BCUT2D eigenvalue weighted by atomic mass is 35.5. The van der Waals surface area contributed by atoms with Gasteiger partial charge in [-0.15, -0.1) is 10.2 Å². The Morgan fingerprint density at radius 1 is 1.15 bits per heavy atom. The van der Waals surface area contributed by atoms with Gasteiger partial charge < -0.3 is 14.6 Å². The number of hydrogen-bond acceptors (Lipinski definition) is 5. The van der Waals surface area contributed by atoms with Crippen molar-refractivity contribution in [3.05, 3.63) is 70.8 Å². The normalized spacial score (nSPS) is 11.1. The zero-order chi connectivity index (χ0) is 23.6. The lowest BCUT2D eigenvalue weighted by Gasteiger charge is -2.19. The van der Waals surface area contributed by atoms with Gasteiger partial charge in [-0.25, -0.2) is 4.39 Å². The Morgan fingerprint density at radius 3 is 2.58 bits per heavy atom. The van der Waals surface area contributed by atoms with Crippen LogP contribution < -0.4 is 10.1 Å². The molecule has 3 aromatic rings. The van der Waals surface area contributed by atoms with Crippen molar-refractivity contribution in [2.75, 3.05) is 12.3 Å². The van der Waals surface area contributed by atoms with Gasteiger partial charge in [-0.1, -0.05) is 61.5 Å². The zero-order valence-corrected chi connectivity index (χ0v) is 20.3. The Labute approximate surface area is 202 Å². The number of carbonyl (C=O) groups is 1. The smallest absolute Gasteiger partial charge is 0.230 e. The lowest BCUT2D eigenvalue weighted by atomic mass is 10.1. The topological polar surface area (TPSA) is 69.0 Å². The van der Waals surface area contributed by atoms with Crippen LogP contribution in [0.4, 0.5) is 4.39 Å². The van der Waals surface area contributed by atoms with Crippen molar-refractivity contribution in [1.82, 2.24) is 20.1 Å². The fourth-order valence-electron chi connectivity index (χ4n) is 3.41. The molecule has 0 saturated carbocycles. The summed E-state index contributed by atoms with van der Waals surface area (Å²) in [7, 11) is 0. The third-order valence-corrected chi connectivity index (χ3v) is 6.47. The second-order valence-electron chi connectivity index (χ2n) is 7.47. The van der Waals surface area contributed by atoms with E-state index in [4.69, 9.17) is 16.3 Å². The van der Waals surface area contributed by atoms with Crippen LogP contribution in [-0.2, 0) is 17.8 Å². The Balaban J connectivity index is 1.58. The number of thioether (sulfide) groups is 1. The van der Waals surface area contributed by atoms with E-state index >= 15 is 0 Å². The van der Waals surface area contributed by atoms with Crippen molar-refractivity contribution >= 4 is 29.3 Å². The molecule has 1 heterocycles. The minimum absolute atomic E-state index is 0.0879. The monoisotopic (exact) mass is 490 g/mol. The summed E-state index contributed by atoms with van der Waals surface area (Å²) in [4.78, 5) is 12.3. The Morgan fingerprint density at radius 2 is 1.88 bits per heavy atom. The number of para-hydroxylation sites is 1. The maximum absolute atomic E-state index is 13.0. The van der Waals surface area contributed by atoms with Gasteiger partial charge in [-0.2, -0.15) is 0 Å². The fourth-order valence-corrected chi connectivity index (χ4v) is 4.45. The molecular weight excluding hydrogens is 463 g/mol. The van der Waals surface area contributed by atoms with E-state index in [9.17, 15) is 9.18 Å². The summed E-state index contributed by atoms with van der Waals surface area (Å²) in [6.45, 7) is 4.95. The number of hydrogen-bond donors (Lipinski definition) is 1. The molecule has 2 aromatic carbocycles. The predicted molar refractivity (Wildman–Crippen MR) is 129 cm³/mol. The Hall–Kier alpha value is -2.58. The van der Waals surface area contributed by atoms with E-state index in [1.54, 1.807) is 18.2 Å². The second kappa shape index (κ2) is 12.6. The first kappa shape index (κ1) is 25.1. The molecule has 1 aromatic heterocycles. The van der Waals surface area contributed by atoms with Crippen LogP contribution in [0.15, 0.2) is 53.7 Å². The molecule has 0 aliphatic carbocycles. The van der Waals surface area contributed by atoms with Crippen LogP contribution in [-0.4, -0.2) is 33.0 Å². The summed E-state index contributed by atoms with van der Waals surface area (Å²) in [6.07, 6.45) is 2.46. The molecule has 6 nitrogen and oxygen atoms in total. The summed E-state index contributed by atoms with van der Waals surface area (Å²) in [5, 5.41) is 12.8. The van der Waals surface area contributed by atoms with Crippen molar-refractivity contribution < 1.29 is 13.9 Å². The van der Waals surface area contributed by atoms with Crippen molar-refractivity contribution in [3.8, 4) is 5.75 Å². The number of amides is 1. The molecule has 0 atom stereocenters. The first-order chi connectivity index (χ1) is 16.0. The van der Waals surface area contributed by atoms with Crippen LogP contribution in [0, 0.1) is 5.82 Å². The summed E-state index contributed by atoms with van der Waals surface area (Å²) in [5.41, 5.74) is 0.973. The molecule has 33 heavy (non-hydrogen) atoms. The van der Waals surface area contributed by atoms with Crippen molar-refractivity contribution in [2.45, 2.75) is 50.9 Å². The van der Waals surface area contributed by atoms with Crippen LogP contribution in [0.3, 0.4) is 0 Å². The summed E-state index contributed by atoms with van der Waals surface area (Å²) in [5.74, 6) is 1.16. The van der Waals surface area contributed by atoms with Crippen LogP contribution in [0.5, 0.6) is 5.75 Å². The highest BCUT2D eigenvalue weighted by molar-refractivity contribution is 7.99. The number of carbonyl (C=O) groups excluding carboxylic acids is 1. The molecule has 9 heteroatoms. The van der Waals surface area contributed by atoms with Crippen LogP contribution >= 0.6 is 23.4 Å². The van der Waals surface area contributed by atoms with E-state index in [1.165, 1.54) is 23.9 Å². The van der Waals surface area contributed by atoms with Gasteiger partial charge in [-0.05, 0) is 49.1 Å². The van der Waals surface area contributed by atoms with Gasteiger partial charge in [0.05, 0.1) is 10.8 Å². The third-order valence-electron chi connectivity index (χ3n) is 5.22. The van der Waals surface area contributed by atoms with Crippen LogP contribution in [0.2, 0.25) is 5.02 Å². The molecule has 0 radical (unpaired) electrons. The van der Waals surface area contributed by atoms with E-state index in [-0.39, 0.29) is 30.1 Å². The number of benzene rings is 2. The molecule has 0 aliphatic rings. The number of ether oxygens (including phenoxy) is 1. The molecule has 0 bridgehead atoms. The SMILES string of the molecule is CCC(CC)n1c(COc2ccccc2Cl)nnc1SCC(=O)NCCc1ccc(F)cc1. The van der Waals surface area contributed by atoms with Gasteiger partial charge in [0.25, 0.3) is 0 Å². The van der Waals surface area contributed by atoms with Gasteiger partial charge in [0, 0.05) is 12.6 Å². The number of nitrogens with zero attached hydrogens (tertiary/aromatic N) is 3. The minimum atomic E-state index is -0.266. The van der Waals surface area contributed by atoms with Crippen LogP contribution in [0.1, 0.15) is 44.1 Å². The summed E-state index contributed by atoms with van der Waals surface area (Å²) >= 11 is 7.55. The van der Waals surface area contributed by atoms with Gasteiger partial charge in [-0.3, -0.25) is 4.79 Å². The molecule has 0 fully saturated rings. The molecular formula is C24H28ClFN4O2S. The molecule has 0 unspecified atom stereocenters. The fraction of sp³-hybridized carbons (Fsp3) is 0.375. The van der Waals surface area contributed by atoms with E-state index < -0.39 is 0 Å². The summed E-state index contributed by atoms with van der Waals surface area (Å²) in [6, 6.07) is 13.8. The van der Waals surface area contributed by atoms with Crippen molar-refractivity contribution in [1.29, 1.82) is 0 Å². The summed E-state index contributed by atoms with van der Waals surface area (Å²) < 4.78 is 20.9. The molecule has 0 saturated heterocycles. The van der Waals surface area contributed by atoms with E-state index in [1.807, 2.05) is 18.2 Å². The molecule has 0 spiro atoms. The molecule has 1 amide bonds. The Kier molecular flexibility index (Phi) is 9.57. The molecule has 0 aliphatic heterocycles. The maximum atomic E-state index is 13.0. The average molecular weight is 491 g/mol. The quantitative estimate of drug-likeness (QED) is 0.341. The molecule has 176 valence electrons. The predicted octanol–water partition coefficient (Wildman–Crippen LogP) is 5.46. The average Bonchev–Trinajstić information content (AvgIpc) is 3.22. The van der Waals surface area contributed by atoms with Crippen molar-refractivity contribution in [2.24, 2.45) is 0 Å². The van der Waals surface area contributed by atoms with Gasteiger partial charge >= 0.3 is 0 Å². The lowest BCUT2D eigenvalue weighted by molar-refractivity contribution is -0.118. The molecule has 1 N–H and O–H groups in total. The first-order valence-corrected chi connectivity index (χ1v) is 12.3. The highest BCUT2D eigenvalue weighted by Crippen LogP contribution is 2.28. The second-order valence-corrected chi connectivity index (χ2v) is 8.82. The lowest BCUT2D eigenvalue weighted by Crippen LogP contribution is -2.27. The largest absolute Gasteiger partial charge is 0.484 e. The number of nitrogens with one attached hydrogen (secondary N) is 1. The van der Waals surface area contributed by atoms with E-state index in [2.05, 4.69) is 33.9 Å². The number of halogens is 2. The maximum Gasteiger partial charge on any atom is 0.230 e. The Bertz CT molecular complexity index is 1040. The standard InChI is InChI=1S/C24H28ClFN4O2S/c1-3-19(4-2)30-22(15-32-21-8-6-5-7-20(21)25)28-29-24(30)33-16-23(31)27-14-13-17-9-11-18(26)12-10-17/h5-12,19H,3-4,13-16H2,1-2H3,(H,27,31). The first-order valence-electron chi connectivity index (χ1n) is 11.0. The van der Waals surface area contributed by atoms with Crippen LogP contribution in [0.25, 0.3) is 0 Å². The number of aromatic nitrogens is 3. The van der Waals surface area contributed by atoms with E-state index in [0.29, 0.717) is 34.7 Å². The minimum Gasteiger partial charge on any atom is -0.484 e. The van der Waals surface area contributed by atoms with Crippen molar-refractivity contribution in [3.63, 3.8) is 0 Å². The third kappa shape index (κ3) is 7.20. The highest BCUT2D eigenvalue weighted by Gasteiger charge is 2.20. The zero-order valence-electron chi connectivity index (χ0n) is 18.8. The number of rotatable bonds is 12.